The zero-order chi connectivity index (χ0) is 38.0. The van der Waals surface area contributed by atoms with E-state index in [0.717, 1.165) is 29.9 Å². The lowest BCUT2D eigenvalue weighted by Gasteiger charge is -2.39. The largest absolute Gasteiger partial charge is 0.395 e. The molecule has 55 heavy (non-hydrogen) atoms. The van der Waals surface area contributed by atoms with Crippen LogP contribution in [-0.2, 0) is 28.3 Å². The third kappa shape index (κ3) is 6.62. The Labute approximate surface area is 321 Å². The molecule has 0 radical (unpaired) electrons. The van der Waals surface area contributed by atoms with E-state index in [2.05, 4.69) is 32.7 Å². The SMILES string of the molecule is C[C@H](/C=C/CCn1cc(C(CO)c2ccccc2)nn1)[C@@]1(O)C(=O)N(Cc2ccccc2)c2ccc(N3CN(c4ccccc4)C4(CCNCC4)C3=O)cc21. The fourth-order valence-electron chi connectivity index (χ4n) is 8.48. The topological polar surface area (TPSA) is 127 Å². The highest BCUT2D eigenvalue weighted by atomic mass is 16.3. The summed E-state index contributed by atoms with van der Waals surface area (Å²) in [7, 11) is 0. The van der Waals surface area contributed by atoms with Crippen molar-refractivity contribution in [2.75, 3.05) is 41.1 Å². The second kappa shape index (κ2) is 15.3. The number of aliphatic hydroxyl groups excluding tert-OH is 1. The highest BCUT2D eigenvalue weighted by Crippen LogP contribution is 2.48. The van der Waals surface area contributed by atoms with E-state index in [1.165, 1.54) is 0 Å². The number of piperidine rings is 1. The lowest BCUT2D eigenvalue weighted by atomic mass is 9.82. The summed E-state index contributed by atoms with van der Waals surface area (Å²) < 4.78 is 1.75. The van der Waals surface area contributed by atoms with Crippen molar-refractivity contribution >= 4 is 28.9 Å². The maximum atomic E-state index is 14.5. The summed E-state index contributed by atoms with van der Waals surface area (Å²) in [5.74, 6) is -1.22. The van der Waals surface area contributed by atoms with Crippen molar-refractivity contribution in [3.8, 4) is 0 Å². The van der Waals surface area contributed by atoms with Gasteiger partial charge in [0.2, 0.25) is 0 Å². The number of hydrogen-bond donors (Lipinski definition) is 3. The van der Waals surface area contributed by atoms with Gasteiger partial charge in [-0.25, -0.2) is 0 Å². The number of nitrogens with one attached hydrogen (secondary N) is 1. The van der Waals surface area contributed by atoms with Crippen molar-refractivity contribution in [1.82, 2.24) is 20.3 Å². The number of aromatic nitrogens is 3. The molecule has 2 fully saturated rings. The van der Waals surface area contributed by atoms with Crippen LogP contribution in [-0.4, -0.2) is 68.9 Å². The Morgan fingerprint density at radius 2 is 1.56 bits per heavy atom. The van der Waals surface area contributed by atoms with E-state index < -0.39 is 23.0 Å². The number of carbonyl (C=O) groups is 2. The number of allylic oxidation sites excluding steroid dienone is 1. The predicted octanol–water partition coefficient (Wildman–Crippen LogP) is 5.35. The second-order valence-corrected chi connectivity index (χ2v) is 14.8. The molecule has 5 aromatic rings. The highest BCUT2D eigenvalue weighted by molar-refractivity contribution is 6.09. The summed E-state index contributed by atoms with van der Waals surface area (Å²) in [4.78, 5) is 34.7. The van der Waals surface area contributed by atoms with Crippen LogP contribution in [0.4, 0.5) is 17.1 Å². The van der Waals surface area contributed by atoms with Crippen LogP contribution in [0.2, 0.25) is 0 Å². The van der Waals surface area contributed by atoms with E-state index in [4.69, 9.17) is 0 Å². The monoisotopic (exact) mass is 737 g/mol. The second-order valence-electron chi connectivity index (χ2n) is 14.8. The summed E-state index contributed by atoms with van der Waals surface area (Å²) in [6.45, 7) is 4.47. The Bertz CT molecular complexity index is 2150. The standard InChI is InChI=1S/C44H47N7O4/c1-32(13-11-12-26-48-29-39(46-47-48)37(30-52)34-16-7-3-8-17-34)44(55)38-27-36(20-21-40(38)49(42(44)54)28-33-14-5-2-6-15-33)50-31-51(35-18-9-4-10-19-35)43(41(50)53)22-24-45-25-23-43/h2-11,13-21,27,29,32,37,45,52,55H,12,22-26,28,30-31H2,1H3/b13-11+/t32-,37?,44+/m1/s1. The molecule has 3 N–H and O–H groups in total. The molecule has 4 aromatic carbocycles. The number of aliphatic hydroxyl groups is 2. The van der Waals surface area contributed by atoms with Crippen LogP contribution in [0.1, 0.15) is 54.5 Å². The van der Waals surface area contributed by atoms with E-state index in [1.54, 1.807) is 9.58 Å². The van der Waals surface area contributed by atoms with Crippen molar-refractivity contribution in [2.45, 2.75) is 56.3 Å². The molecule has 0 aliphatic carbocycles. The molecule has 11 heteroatoms. The summed E-state index contributed by atoms with van der Waals surface area (Å²) in [5.41, 5.74) is 2.84. The zero-order valence-corrected chi connectivity index (χ0v) is 31.0. The maximum Gasteiger partial charge on any atom is 0.264 e. The summed E-state index contributed by atoms with van der Waals surface area (Å²) in [6, 6.07) is 35.2. The third-order valence-electron chi connectivity index (χ3n) is 11.6. The Hall–Kier alpha value is -5.62. The molecular weight excluding hydrogens is 691 g/mol. The first-order chi connectivity index (χ1) is 26.8. The van der Waals surface area contributed by atoms with Gasteiger partial charge in [-0.1, -0.05) is 103 Å². The van der Waals surface area contributed by atoms with E-state index >= 15 is 0 Å². The number of para-hydroxylation sites is 1. The number of hydrogen-bond acceptors (Lipinski definition) is 8. The number of rotatable bonds is 12. The minimum absolute atomic E-state index is 0.0325. The van der Waals surface area contributed by atoms with Gasteiger partial charge in [0.1, 0.15) is 5.54 Å². The molecule has 8 rings (SSSR count). The Balaban J connectivity index is 1.07. The normalized spacial score (nSPS) is 20.5. The van der Waals surface area contributed by atoms with Crippen LogP contribution in [0.5, 0.6) is 0 Å². The lowest BCUT2D eigenvalue weighted by molar-refractivity contribution is -0.139. The number of fused-ring (bicyclic) bond motifs is 1. The molecule has 3 aliphatic rings. The van der Waals surface area contributed by atoms with Gasteiger partial charge >= 0.3 is 0 Å². The van der Waals surface area contributed by atoms with Crippen molar-refractivity contribution in [3.63, 3.8) is 0 Å². The van der Waals surface area contributed by atoms with Crippen LogP contribution >= 0.6 is 0 Å². The number of amides is 2. The van der Waals surface area contributed by atoms with Gasteiger partial charge in [0.05, 0.1) is 37.1 Å². The van der Waals surface area contributed by atoms with Crippen molar-refractivity contribution in [1.29, 1.82) is 0 Å². The van der Waals surface area contributed by atoms with E-state index in [-0.39, 0.29) is 18.4 Å². The van der Waals surface area contributed by atoms with E-state index in [0.29, 0.717) is 61.7 Å². The van der Waals surface area contributed by atoms with Crippen LogP contribution in [0.25, 0.3) is 0 Å². The lowest BCUT2D eigenvalue weighted by Crippen LogP contribution is -2.55. The van der Waals surface area contributed by atoms with Crippen LogP contribution in [0.3, 0.4) is 0 Å². The Morgan fingerprint density at radius 3 is 2.27 bits per heavy atom. The van der Waals surface area contributed by atoms with Gasteiger partial charge in [0.25, 0.3) is 11.8 Å². The molecule has 1 spiro atoms. The first-order valence-corrected chi connectivity index (χ1v) is 19.1. The first-order valence-electron chi connectivity index (χ1n) is 19.1. The highest BCUT2D eigenvalue weighted by Gasteiger charge is 2.55. The molecular formula is C44H47N7O4. The molecule has 0 saturated carbocycles. The molecule has 4 heterocycles. The molecule has 2 saturated heterocycles. The minimum atomic E-state index is -1.87. The smallest absolute Gasteiger partial charge is 0.264 e. The molecule has 3 atom stereocenters. The van der Waals surface area contributed by atoms with Gasteiger partial charge in [0.15, 0.2) is 5.60 Å². The first kappa shape index (κ1) is 36.4. The van der Waals surface area contributed by atoms with Crippen LogP contribution in [0.15, 0.2) is 128 Å². The number of nitrogens with zero attached hydrogens (tertiary/aromatic N) is 6. The average Bonchev–Trinajstić information content (AvgIpc) is 3.87. The molecule has 3 aliphatic heterocycles. The Kier molecular flexibility index (Phi) is 10.1. The van der Waals surface area contributed by atoms with E-state index in [9.17, 15) is 19.8 Å². The number of carbonyl (C=O) groups excluding carboxylic acids is 2. The Morgan fingerprint density at radius 1 is 0.873 bits per heavy atom. The summed E-state index contributed by atoms with van der Waals surface area (Å²) in [5, 5.41) is 34.8. The molecule has 0 bridgehead atoms. The average molecular weight is 738 g/mol. The summed E-state index contributed by atoms with van der Waals surface area (Å²) in [6.07, 6.45) is 7.65. The maximum absolute atomic E-state index is 14.5. The van der Waals surface area contributed by atoms with Gasteiger partial charge in [-0.2, -0.15) is 0 Å². The molecule has 282 valence electrons. The van der Waals surface area contributed by atoms with Crippen LogP contribution < -0.4 is 20.0 Å². The van der Waals surface area contributed by atoms with Gasteiger partial charge in [0, 0.05) is 35.6 Å². The number of aryl methyl sites for hydroxylation is 1. The molecule has 11 nitrogen and oxygen atoms in total. The number of benzene rings is 4. The molecule has 1 aromatic heterocycles. The van der Waals surface area contributed by atoms with Crippen molar-refractivity contribution < 1.29 is 19.8 Å². The third-order valence-corrected chi connectivity index (χ3v) is 11.6. The van der Waals surface area contributed by atoms with Gasteiger partial charge < -0.3 is 25.3 Å². The molecule has 2 amide bonds. The fraction of sp³-hybridized carbons (Fsp3) is 0.318. The van der Waals surface area contributed by atoms with Crippen molar-refractivity contribution in [3.05, 3.63) is 150 Å². The summed E-state index contributed by atoms with van der Waals surface area (Å²) >= 11 is 0. The quantitative estimate of drug-likeness (QED) is 0.146. The fourth-order valence-corrected chi connectivity index (χ4v) is 8.48. The zero-order valence-electron chi connectivity index (χ0n) is 31.0. The van der Waals surface area contributed by atoms with Gasteiger partial charge in [-0.3, -0.25) is 19.2 Å². The number of anilines is 3. The van der Waals surface area contributed by atoms with Gasteiger partial charge in [-0.15, -0.1) is 5.10 Å². The van der Waals surface area contributed by atoms with Crippen LogP contribution in [0, 0.1) is 5.92 Å². The van der Waals surface area contributed by atoms with Crippen molar-refractivity contribution in [2.24, 2.45) is 5.92 Å². The minimum Gasteiger partial charge on any atom is -0.395 e. The molecule has 1 unspecified atom stereocenters. The van der Waals surface area contributed by atoms with Gasteiger partial charge in [-0.05, 0) is 73.8 Å². The predicted molar refractivity (Wildman–Crippen MR) is 212 cm³/mol. The van der Waals surface area contributed by atoms with E-state index in [1.807, 2.05) is 127 Å².